The van der Waals surface area contributed by atoms with Crippen LogP contribution in [0.2, 0.25) is 0 Å². The average Bonchev–Trinajstić information content (AvgIpc) is 3.18. The van der Waals surface area contributed by atoms with Gasteiger partial charge in [0.1, 0.15) is 11.6 Å². The van der Waals surface area contributed by atoms with Crippen molar-refractivity contribution in [2.75, 3.05) is 11.6 Å². The number of carbonyl (C=O) groups is 2. The molecular formula is C23H25F2N3O4S. The van der Waals surface area contributed by atoms with Gasteiger partial charge in [-0.05, 0) is 60.9 Å². The number of urea groups is 1. The van der Waals surface area contributed by atoms with Gasteiger partial charge in [0.05, 0.1) is 12.8 Å². The van der Waals surface area contributed by atoms with Crippen molar-refractivity contribution in [2.24, 2.45) is 5.92 Å². The molecule has 0 saturated heterocycles. The predicted molar refractivity (Wildman–Crippen MR) is 119 cm³/mol. The Kier molecular flexibility index (Phi) is 6.38. The fourth-order valence-electron chi connectivity index (χ4n) is 4.57. The average molecular weight is 478 g/mol. The number of rotatable bonds is 4. The van der Waals surface area contributed by atoms with Crippen molar-refractivity contribution < 1.29 is 26.8 Å². The fraction of sp³-hybridized carbons (Fsp3) is 0.391. The van der Waals surface area contributed by atoms with Crippen molar-refractivity contribution in [3.05, 3.63) is 64.7 Å². The van der Waals surface area contributed by atoms with Crippen molar-refractivity contribution in [3.63, 3.8) is 0 Å². The van der Waals surface area contributed by atoms with Gasteiger partial charge < -0.3 is 10.2 Å². The number of benzene rings is 2. The summed E-state index contributed by atoms with van der Waals surface area (Å²) in [5.41, 5.74) is 2.48. The molecule has 2 aromatic rings. The number of hydrogen-bond acceptors (Lipinski definition) is 4. The van der Waals surface area contributed by atoms with Crippen LogP contribution in [0.4, 0.5) is 19.3 Å². The van der Waals surface area contributed by atoms with E-state index >= 15 is 0 Å². The van der Waals surface area contributed by atoms with Crippen LogP contribution < -0.4 is 10.0 Å². The Morgan fingerprint density at radius 2 is 1.67 bits per heavy atom. The van der Waals surface area contributed by atoms with Gasteiger partial charge in [-0.2, -0.15) is 0 Å². The first-order chi connectivity index (χ1) is 15.6. The number of nitrogens with one attached hydrogen (secondary N) is 2. The van der Waals surface area contributed by atoms with E-state index in [1.54, 1.807) is 12.1 Å². The normalized spacial score (nSPS) is 20.3. The van der Waals surface area contributed by atoms with Gasteiger partial charge in [0.25, 0.3) is 0 Å². The maximum absolute atomic E-state index is 13.9. The Labute approximate surface area is 191 Å². The van der Waals surface area contributed by atoms with Crippen LogP contribution in [0.3, 0.4) is 0 Å². The van der Waals surface area contributed by atoms with Crippen LogP contribution in [-0.4, -0.2) is 31.5 Å². The first kappa shape index (κ1) is 23.2. The summed E-state index contributed by atoms with van der Waals surface area (Å²) >= 11 is 0. The van der Waals surface area contributed by atoms with E-state index in [0.29, 0.717) is 29.7 Å². The van der Waals surface area contributed by atoms with Gasteiger partial charge in [0.2, 0.25) is 15.9 Å². The number of halogens is 2. The summed E-state index contributed by atoms with van der Waals surface area (Å²) in [5, 5.41) is 2.79. The molecule has 1 aliphatic heterocycles. The summed E-state index contributed by atoms with van der Waals surface area (Å²) in [6, 6.07) is 9.11. The van der Waals surface area contributed by atoms with Gasteiger partial charge in [-0.25, -0.2) is 22.0 Å². The van der Waals surface area contributed by atoms with E-state index in [4.69, 9.17) is 0 Å². The highest BCUT2D eigenvalue weighted by Crippen LogP contribution is 2.36. The second kappa shape index (κ2) is 9.09. The summed E-state index contributed by atoms with van der Waals surface area (Å²) in [5.74, 6) is -1.80. The third-order valence-corrected chi connectivity index (χ3v) is 6.84. The fourth-order valence-corrected chi connectivity index (χ4v) is 5.10. The maximum atomic E-state index is 13.9. The third kappa shape index (κ3) is 5.50. The van der Waals surface area contributed by atoms with Crippen LogP contribution in [0.25, 0.3) is 0 Å². The molecule has 0 bridgehead atoms. The maximum Gasteiger partial charge on any atom is 0.322 e. The Hall–Kier alpha value is -3.01. The van der Waals surface area contributed by atoms with Crippen molar-refractivity contribution in [2.45, 2.75) is 44.7 Å². The minimum Gasteiger partial charge on any atom is -0.316 e. The summed E-state index contributed by atoms with van der Waals surface area (Å²) in [7, 11) is -3.55. The zero-order valence-electron chi connectivity index (χ0n) is 18.1. The Morgan fingerprint density at radius 1 is 1.00 bits per heavy atom. The van der Waals surface area contributed by atoms with Crippen molar-refractivity contribution in [3.8, 4) is 0 Å². The van der Waals surface area contributed by atoms with Crippen LogP contribution in [0.1, 0.15) is 48.3 Å². The molecule has 0 radical (unpaired) electrons. The smallest absolute Gasteiger partial charge is 0.316 e. The Morgan fingerprint density at radius 3 is 2.30 bits per heavy atom. The second-order valence-electron chi connectivity index (χ2n) is 8.72. The van der Waals surface area contributed by atoms with Gasteiger partial charge in [0, 0.05) is 29.8 Å². The number of nitrogens with zero attached hydrogens (tertiary/aromatic N) is 1. The number of fused-ring (bicyclic) bond motifs is 1. The number of amides is 3. The molecule has 1 saturated carbocycles. The van der Waals surface area contributed by atoms with E-state index in [9.17, 15) is 26.8 Å². The van der Waals surface area contributed by atoms with E-state index in [1.165, 1.54) is 11.0 Å². The molecule has 2 aliphatic rings. The summed E-state index contributed by atoms with van der Waals surface area (Å²) in [6.45, 7) is 0.228. The van der Waals surface area contributed by atoms with Gasteiger partial charge in [0.15, 0.2) is 0 Å². The lowest BCUT2D eigenvalue weighted by Gasteiger charge is -2.28. The first-order valence-electron chi connectivity index (χ1n) is 10.7. The molecule has 2 aromatic carbocycles. The molecule has 4 rings (SSSR count). The van der Waals surface area contributed by atoms with Gasteiger partial charge in [-0.15, -0.1) is 0 Å². The highest BCUT2D eigenvalue weighted by atomic mass is 32.2. The first-order valence-corrected chi connectivity index (χ1v) is 12.6. The van der Waals surface area contributed by atoms with Gasteiger partial charge >= 0.3 is 6.03 Å². The van der Waals surface area contributed by atoms with Crippen LogP contribution in [0.15, 0.2) is 36.4 Å². The van der Waals surface area contributed by atoms with Crippen LogP contribution in [-0.2, 0) is 27.9 Å². The van der Waals surface area contributed by atoms with Gasteiger partial charge in [-0.1, -0.05) is 12.1 Å². The third-order valence-electron chi connectivity index (χ3n) is 6.27. The quantitative estimate of drug-likeness (QED) is 0.699. The minimum atomic E-state index is -3.55. The minimum absolute atomic E-state index is 0.0848. The Balaban J connectivity index is 1.31. The molecule has 0 aromatic heterocycles. The molecule has 33 heavy (non-hydrogen) atoms. The van der Waals surface area contributed by atoms with E-state index in [2.05, 4.69) is 10.0 Å². The number of hydrogen-bond donors (Lipinski definition) is 2. The van der Waals surface area contributed by atoms with Crippen molar-refractivity contribution in [1.82, 2.24) is 9.62 Å². The predicted octanol–water partition coefficient (Wildman–Crippen LogP) is 3.86. The molecule has 3 amide bonds. The molecule has 10 heteroatoms. The van der Waals surface area contributed by atoms with E-state index in [-0.39, 0.29) is 24.9 Å². The SMILES string of the molecule is CS(=O)(=O)NC(=O)C1CCC(c2ccc(NC(=O)N3Cc4cc(F)cc(F)c4C3)cc2)CC1. The lowest BCUT2D eigenvalue weighted by atomic mass is 9.78. The lowest BCUT2D eigenvalue weighted by Crippen LogP contribution is -2.36. The summed E-state index contributed by atoms with van der Waals surface area (Å²) in [6.07, 6.45) is 3.72. The summed E-state index contributed by atoms with van der Waals surface area (Å²) < 4.78 is 51.9. The monoisotopic (exact) mass is 477 g/mol. The molecule has 0 spiro atoms. The zero-order chi connectivity index (χ0) is 23.8. The zero-order valence-corrected chi connectivity index (χ0v) is 18.9. The molecule has 1 aliphatic carbocycles. The molecule has 0 unspecified atom stereocenters. The molecule has 1 heterocycles. The highest BCUT2D eigenvalue weighted by Gasteiger charge is 2.29. The molecule has 0 atom stereocenters. The van der Waals surface area contributed by atoms with Gasteiger partial charge in [-0.3, -0.25) is 9.52 Å². The van der Waals surface area contributed by atoms with Crippen molar-refractivity contribution in [1.29, 1.82) is 0 Å². The topological polar surface area (TPSA) is 95.6 Å². The number of carbonyl (C=O) groups excluding carboxylic acids is 2. The lowest BCUT2D eigenvalue weighted by molar-refractivity contribution is -0.124. The second-order valence-corrected chi connectivity index (χ2v) is 10.5. The summed E-state index contributed by atoms with van der Waals surface area (Å²) in [4.78, 5) is 26.1. The van der Waals surface area contributed by atoms with Crippen LogP contribution >= 0.6 is 0 Å². The number of sulfonamides is 1. The molecule has 2 N–H and O–H groups in total. The molecule has 1 fully saturated rings. The van der Waals surface area contributed by atoms with Crippen LogP contribution in [0.5, 0.6) is 0 Å². The van der Waals surface area contributed by atoms with E-state index < -0.39 is 33.6 Å². The Bertz CT molecular complexity index is 1180. The van der Waals surface area contributed by atoms with Crippen molar-refractivity contribution >= 4 is 27.6 Å². The van der Waals surface area contributed by atoms with E-state index in [0.717, 1.165) is 30.7 Å². The largest absolute Gasteiger partial charge is 0.322 e. The number of anilines is 1. The molecule has 7 nitrogen and oxygen atoms in total. The molecular weight excluding hydrogens is 452 g/mol. The highest BCUT2D eigenvalue weighted by molar-refractivity contribution is 7.89. The van der Waals surface area contributed by atoms with Crippen LogP contribution in [0, 0.1) is 17.6 Å². The standard InChI is InChI=1S/C23H25F2N3O4S/c1-33(31,32)27-22(29)16-4-2-14(3-5-16)15-6-8-19(9-7-15)26-23(30)28-12-17-10-18(24)11-21(25)20(17)13-28/h6-11,14,16H,2-5,12-13H2,1H3,(H,26,30)(H,27,29). The molecule has 176 valence electrons. The van der Waals surface area contributed by atoms with E-state index in [1.807, 2.05) is 12.1 Å².